The van der Waals surface area contributed by atoms with E-state index in [0.29, 0.717) is 0 Å². The standard InChI is InChI=1S/C42H34N2S/c1-45(43-35-23-10-4-11-24-35)42-37(32-21-14-15-22-32)27-16-28-38(42)41-39(33-19-8-3-9-20-33)29-34(31-17-6-2-7-18-31)30-40(41)44(45)36-25-12-5-13-26-36/h2-30,32,43H,1H3. The first-order chi connectivity index (χ1) is 22.2. The molecule has 0 amide bonds. The summed E-state index contributed by atoms with van der Waals surface area (Å²) in [5.74, 6) is 0.215. The van der Waals surface area contributed by atoms with Crippen molar-refractivity contribution in [1.82, 2.24) is 0 Å². The van der Waals surface area contributed by atoms with Crippen LogP contribution in [0, 0.1) is 0 Å². The average molecular weight is 599 g/mol. The van der Waals surface area contributed by atoms with Crippen molar-refractivity contribution in [2.24, 2.45) is 0 Å². The van der Waals surface area contributed by atoms with Gasteiger partial charge in [0.25, 0.3) is 0 Å². The van der Waals surface area contributed by atoms with Crippen molar-refractivity contribution < 1.29 is 0 Å². The number of para-hydroxylation sites is 2. The minimum absolute atomic E-state index is 0.215. The lowest BCUT2D eigenvalue weighted by Crippen LogP contribution is -2.33. The Morgan fingerprint density at radius 2 is 1.16 bits per heavy atom. The molecular formula is C42H34N2S. The van der Waals surface area contributed by atoms with E-state index in [0.717, 1.165) is 5.69 Å². The predicted octanol–water partition coefficient (Wildman–Crippen LogP) is 11.8. The molecule has 8 rings (SSSR count). The van der Waals surface area contributed by atoms with Crippen LogP contribution in [0.4, 0.5) is 17.1 Å². The molecule has 218 valence electrons. The van der Waals surface area contributed by atoms with E-state index in [2.05, 4.69) is 191 Å². The second-order valence-electron chi connectivity index (χ2n) is 11.6. The van der Waals surface area contributed by atoms with E-state index >= 15 is 0 Å². The van der Waals surface area contributed by atoms with Gasteiger partial charge >= 0.3 is 0 Å². The van der Waals surface area contributed by atoms with E-state index in [-0.39, 0.29) is 5.92 Å². The maximum atomic E-state index is 4.15. The fourth-order valence-corrected chi connectivity index (χ4v) is 10.2. The number of hydrogen-bond acceptors (Lipinski definition) is 2. The van der Waals surface area contributed by atoms with Gasteiger partial charge < -0.3 is 4.72 Å². The Bertz CT molecular complexity index is 2020. The zero-order valence-electron chi connectivity index (χ0n) is 25.2. The summed E-state index contributed by atoms with van der Waals surface area (Å²) in [6, 6.07) is 55.0. The van der Waals surface area contributed by atoms with Crippen LogP contribution in [0.5, 0.6) is 0 Å². The Morgan fingerprint density at radius 3 is 1.82 bits per heavy atom. The Balaban J connectivity index is 1.52. The molecule has 0 radical (unpaired) electrons. The molecule has 0 spiro atoms. The number of hydrogen-bond donors (Lipinski definition) is 1. The van der Waals surface area contributed by atoms with Crippen LogP contribution in [-0.4, -0.2) is 6.26 Å². The molecule has 0 saturated heterocycles. The molecule has 1 unspecified atom stereocenters. The number of rotatable bonds is 6. The normalized spacial score (nSPS) is 18.2. The zero-order valence-corrected chi connectivity index (χ0v) is 26.0. The summed E-state index contributed by atoms with van der Waals surface area (Å²) in [7, 11) is -1.91. The first-order valence-electron chi connectivity index (χ1n) is 15.4. The molecule has 3 heteroatoms. The lowest BCUT2D eigenvalue weighted by molar-refractivity contribution is 1.04. The summed E-state index contributed by atoms with van der Waals surface area (Å²) in [5.41, 5.74) is 12.3. The van der Waals surface area contributed by atoms with E-state index < -0.39 is 10.4 Å². The Hall–Kier alpha value is -5.25. The van der Waals surface area contributed by atoms with Gasteiger partial charge in [0.15, 0.2) is 0 Å². The first-order valence-corrected chi connectivity index (χ1v) is 17.4. The minimum Gasteiger partial charge on any atom is -0.328 e. The van der Waals surface area contributed by atoms with Crippen molar-refractivity contribution >= 4 is 27.5 Å². The van der Waals surface area contributed by atoms with Crippen LogP contribution in [0.2, 0.25) is 0 Å². The summed E-state index contributed by atoms with van der Waals surface area (Å²) in [4.78, 5) is 1.37. The van der Waals surface area contributed by atoms with Crippen LogP contribution < -0.4 is 9.03 Å². The number of anilines is 3. The van der Waals surface area contributed by atoms with Crippen LogP contribution in [-0.2, 0) is 0 Å². The third-order valence-corrected chi connectivity index (χ3v) is 11.8. The molecule has 2 aliphatic rings. The van der Waals surface area contributed by atoms with E-state index in [1.54, 1.807) is 0 Å². The largest absolute Gasteiger partial charge is 0.328 e. The Kier molecular flexibility index (Phi) is 6.89. The summed E-state index contributed by atoms with van der Waals surface area (Å²) < 4.78 is 6.76. The highest BCUT2D eigenvalue weighted by atomic mass is 32.3. The van der Waals surface area contributed by atoms with Gasteiger partial charge in [-0.25, -0.2) is 0 Å². The maximum Gasteiger partial charge on any atom is 0.0619 e. The van der Waals surface area contributed by atoms with Crippen LogP contribution >= 0.6 is 10.4 Å². The van der Waals surface area contributed by atoms with Gasteiger partial charge in [-0.1, -0.05) is 150 Å². The molecule has 1 aliphatic heterocycles. The highest BCUT2D eigenvalue weighted by Crippen LogP contribution is 2.70. The molecule has 1 N–H and O–H groups in total. The maximum absolute atomic E-state index is 4.15. The molecule has 0 saturated carbocycles. The second kappa shape index (κ2) is 11.4. The van der Waals surface area contributed by atoms with Gasteiger partial charge in [-0.05, 0) is 64.2 Å². The van der Waals surface area contributed by atoms with Crippen LogP contribution in [0.25, 0.3) is 33.4 Å². The fraction of sp³-hybridized carbons (Fsp3) is 0.0476. The Morgan fingerprint density at radius 1 is 0.556 bits per heavy atom. The molecule has 1 heterocycles. The number of fused-ring (bicyclic) bond motifs is 3. The van der Waals surface area contributed by atoms with Crippen LogP contribution in [0.15, 0.2) is 181 Å². The minimum atomic E-state index is -1.91. The summed E-state index contributed by atoms with van der Waals surface area (Å²) >= 11 is 0. The number of nitrogens with zero attached hydrogens (tertiary/aromatic N) is 1. The summed E-state index contributed by atoms with van der Waals surface area (Å²) in [6.45, 7) is 0. The van der Waals surface area contributed by atoms with E-state index in [1.807, 2.05) is 0 Å². The number of allylic oxidation sites excluding steroid dienone is 4. The summed E-state index contributed by atoms with van der Waals surface area (Å²) in [5, 5.41) is 0. The fourth-order valence-electron chi connectivity index (χ4n) is 6.84. The number of benzene rings is 6. The topological polar surface area (TPSA) is 15.3 Å². The van der Waals surface area contributed by atoms with Crippen molar-refractivity contribution in [1.29, 1.82) is 0 Å². The van der Waals surface area contributed by atoms with E-state index in [9.17, 15) is 0 Å². The van der Waals surface area contributed by atoms with Gasteiger partial charge in [0.05, 0.1) is 11.4 Å². The van der Waals surface area contributed by atoms with Gasteiger partial charge in [-0.15, -0.1) is 0 Å². The molecule has 0 fully saturated rings. The van der Waals surface area contributed by atoms with Gasteiger partial charge in [-0.2, -0.15) is 0 Å². The number of nitrogens with one attached hydrogen (secondary N) is 1. The molecule has 1 atom stereocenters. The van der Waals surface area contributed by atoms with Crippen molar-refractivity contribution in [3.63, 3.8) is 0 Å². The van der Waals surface area contributed by atoms with Crippen molar-refractivity contribution in [3.05, 3.63) is 182 Å². The van der Waals surface area contributed by atoms with Crippen molar-refractivity contribution in [3.8, 4) is 33.4 Å². The highest BCUT2D eigenvalue weighted by molar-refractivity contribution is 8.35. The molecule has 0 aromatic heterocycles. The average Bonchev–Trinajstić information content (AvgIpc) is 3.65. The molecule has 1 aliphatic carbocycles. The van der Waals surface area contributed by atoms with Gasteiger partial charge in [0.2, 0.25) is 0 Å². The van der Waals surface area contributed by atoms with Gasteiger partial charge in [-0.3, -0.25) is 4.31 Å². The van der Waals surface area contributed by atoms with E-state index in [1.165, 1.54) is 55.2 Å². The van der Waals surface area contributed by atoms with Crippen molar-refractivity contribution in [2.75, 3.05) is 15.3 Å². The third-order valence-electron chi connectivity index (χ3n) is 8.79. The predicted molar refractivity (Wildman–Crippen MR) is 194 cm³/mol. The van der Waals surface area contributed by atoms with Crippen LogP contribution in [0.1, 0.15) is 11.5 Å². The highest BCUT2D eigenvalue weighted by Gasteiger charge is 2.42. The second-order valence-corrected chi connectivity index (χ2v) is 14.4. The lowest BCUT2D eigenvalue weighted by Gasteiger charge is -2.54. The van der Waals surface area contributed by atoms with E-state index in [4.69, 9.17) is 0 Å². The monoisotopic (exact) mass is 598 g/mol. The van der Waals surface area contributed by atoms with Crippen molar-refractivity contribution in [2.45, 2.75) is 10.8 Å². The quantitative estimate of drug-likeness (QED) is 0.205. The molecule has 0 bridgehead atoms. The molecule has 6 aromatic rings. The summed E-state index contributed by atoms with van der Waals surface area (Å²) in [6.07, 6.45) is 11.4. The van der Waals surface area contributed by atoms with Gasteiger partial charge in [0.1, 0.15) is 0 Å². The molecule has 6 aromatic carbocycles. The lowest BCUT2D eigenvalue weighted by atomic mass is 9.87. The molecule has 45 heavy (non-hydrogen) atoms. The Labute approximate surface area is 267 Å². The molecular weight excluding hydrogens is 565 g/mol. The first kappa shape index (κ1) is 27.3. The molecule has 2 nitrogen and oxygen atoms in total. The van der Waals surface area contributed by atoms with Crippen LogP contribution in [0.3, 0.4) is 0 Å². The van der Waals surface area contributed by atoms with Gasteiger partial charge in [0, 0.05) is 33.9 Å². The smallest absolute Gasteiger partial charge is 0.0619 e. The zero-order chi connectivity index (χ0) is 30.2. The SMILES string of the molecule is CS1(Nc2ccccc2)c2c(cccc2C2C=CC=C2)-c2c(-c3ccccc3)cc(-c3ccccc3)cc2N1c1ccccc1. The third kappa shape index (κ3) is 4.77.